The molecule has 1 heterocycles. The van der Waals surface area contributed by atoms with Crippen LogP contribution in [0, 0.1) is 11.3 Å². The van der Waals surface area contributed by atoms with E-state index < -0.39 is 0 Å². The summed E-state index contributed by atoms with van der Waals surface area (Å²) >= 11 is 5.89. The number of benzene rings is 2. The lowest BCUT2D eigenvalue weighted by Crippen LogP contribution is -2.28. The van der Waals surface area contributed by atoms with Gasteiger partial charge >= 0.3 is 0 Å². The van der Waals surface area contributed by atoms with Crippen molar-refractivity contribution >= 4 is 23.6 Å². The average Bonchev–Trinajstić information content (AvgIpc) is 3.26. The van der Waals surface area contributed by atoms with E-state index in [-0.39, 0.29) is 11.5 Å². The third kappa shape index (κ3) is 4.85. The highest BCUT2D eigenvalue weighted by atomic mass is 35.5. The molecular weight excluding hydrogens is 376 g/mol. The highest BCUT2D eigenvalue weighted by Crippen LogP contribution is 2.30. The lowest BCUT2D eigenvalue weighted by Gasteiger charge is -2.14. The standard InChI is InChI=1S/C22H21ClN2O3/c1-27-21-13-17(12-18(14-24)22(26)25-10-2-3-11-25)6-9-20(21)28-15-16-4-7-19(23)8-5-16/h4-9,12-13H,2-3,10-11,15H2,1H3. The van der Waals surface area contributed by atoms with Gasteiger partial charge in [-0.05, 0) is 54.3 Å². The van der Waals surface area contributed by atoms with Gasteiger partial charge in [-0.25, -0.2) is 0 Å². The van der Waals surface area contributed by atoms with Crippen molar-refractivity contribution in [2.45, 2.75) is 19.4 Å². The van der Waals surface area contributed by atoms with E-state index in [9.17, 15) is 10.1 Å². The van der Waals surface area contributed by atoms with Crippen molar-refractivity contribution in [2.75, 3.05) is 20.2 Å². The predicted molar refractivity (Wildman–Crippen MR) is 108 cm³/mol. The Morgan fingerprint density at radius 3 is 2.54 bits per heavy atom. The first-order chi connectivity index (χ1) is 13.6. The largest absolute Gasteiger partial charge is 0.493 e. The van der Waals surface area contributed by atoms with Crippen LogP contribution >= 0.6 is 11.6 Å². The number of likely N-dealkylation sites (tertiary alicyclic amines) is 1. The van der Waals surface area contributed by atoms with Crippen molar-refractivity contribution in [3.8, 4) is 17.6 Å². The van der Waals surface area contributed by atoms with Crippen LogP contribution in [0.3, 0.4) is 0 Å². The Morgan fingerprint density at radius 1 is 1.18 bits per heavy atom. The third-order valence-electron chi connectivity index (χ3n) is 4.55. The third-order valence-corrected chi connectivity index (χ3v) is 4.80. The molecule has 1 fully saturated rings. The Labute approximate surface area is 169 Å². The highest BCUT2D eigenvalue weighted by molar-refractivity contribution is 6.30. The zero-order valence-electron chi connectivity index (χ0n) is 15.7. The fraction of sp³-hybridized carbons (Fsp3) is 0.273. The molecule has 5 nitrogen and oxygen atoms in total. The molecule has 0 unspecified atom stereocenters. The van der Waals surface area contributed by atoms with Crippen LogP contribution in [-0.2, 0) is 11.4 Å². The zero-order valence-corrected chi connectivity index (χ0v) is 16.4. The van der Waals surface area contributed by atoms with Gasteiger partial charge in [-0.15, -0.1) is 0 Å². The number of ether oxygens (including phenoxy) is 2. The topological polar surface area (TPSA) is 62.6 Å². The summed E-state index contributed by atoms with van der Waals surface area (Å²) in [6.45, 7) is 1.79. The molecule has 28 heavy (non-hydrogen) atoms. The van der Waals surface area contributed by atoms with Crippen LogP contribution in [-0.4, -0.2) is 31.0 Å². The van der Waals surface area contributed by atoms with E-state index in [4.69, 9.17) is 21.1 Å². The summed E-state index contributed by atoms with van der Waals surface area (Å²) in [4.78, 5) is 14.2. The quantitative estimate of drug-likeness (QED) is 0.534. The van der Waals surface area contributed by atoms with Crippen LogP contribution in [0.2, 0.25) is 5.02 Å². The molecule has 2 aromatic carbocycles. The molecule has 3 rings (SSSR count). The van der Waals surface area contributed by atoms with Gasteiger partial charge in [0.25, 0.3) is 5.91 Å². The first-order valence-electron chi connectivity index (χ1n) is 9.07. The summed E-state index contributed by atoms with van der Waals surface area (Å²) in [5.41, 5.74) is 1.82. The van der Waals surface area contributed by atoms with E-state index in [0.29, 0.717) is 41.8 Å². The van der Waals surface area contributed by atoms with Crippen molar-refractivity contribution in [3.05, 3.63) is 64.2 Å². The SMILES string of the molecule is COc1cc(C=C(C#N)C(=O)N2CCCC2)ccc1OCc1ccc(Cl)cc1. The number of nitriles is 1. The van der Waals surface area contributed by atoms with Crippen LogP contribution in [0.4, 0.5) is 0 Å². The van der Waals surface area contributed by atoms with Gasteiger partial charge < -0.3 is 14.4 Å². The molecule has 144 valence electrons. The normalized spacial score (nSPS) is 13.9. The van der Waals surface area contributed by atoms with Crippen LogP contribution in [0.25, 0.3) is 6.08 Å². The van der Waals surface area contributed by atoms with Crippen molar-refractivity contribution < 1.29 is 14.3 Å². The number of carbonyl (C=O) groups excluding carboxylic acids is 1. The van der Waals surface area contributed by atoms with E-state index in [1.807, 2.05) is 30.3 Å². The second-order valence-electron chi connectivity index (χ2n) is 6.49. The molecular formula is C22H21ClN2O3. The Morgan fingerprint density at radius 2 is 1.89 bits per heavy atom. The van der Waals surface area contributed by atoms with Gasteiger partial charge in [0, 0.05) is 18.1 Å². The monoisotopic (exact) mass is 396 g/mol. The van der Waals surface area contributed by atoms with Crippen molar-refractivity contribution in [2.24, 2.45) is 0 Å². The number of methoxy groups -OCH3 is 1. The molecule has 0 spiro atoms. The number of nitrogens with zero attached hydrogens (tertiary/aromatic N) is 2. The molecule has 0 aliphatic carbocycles. The summed E-state index contributed by atoms with van der Waals surface area (Å²) in [5.74, 6) is 0.898. The maximum Gasteiger partial charge on any atom is 0.264 e. The lowest BCUT2D eigenvalue weighted by atomic mass is 10.1. The number of amides is 1. The first-order valence-corrected chi connectivity index (χ1v) is 9.45. The molecule has 0 radical (unpaired) electrons. The molecule has 1 amide bonds. The van der Waals surface area contributed by atoms with Gasteiger partial charge in [0.2, 0.25) is 0 Å². The molecule has 0 aromatic heterocycles. The Hall–Kier alpha value is -2.97. The van der Waals surface area contributed by atoms with Gasteiger partial charge in [0.05, 0.1) is 7.11 Å². The van der Waals surface area contributed by atoms with E-state index in [1.165, 1.54) is 0 Å². The smallest absolute Gasteiger partial charge is 0.264 e. The van der Waals surface area contributed by atoms with E-state index in [2.05, 4.69) is 0 Å². The van der Waals surface area contributed by atoms with Crippen molar-refractivity contribution in [1.29, 1.82) is 5.26 Å². The molecule has 0 bridgehead atoms. The lowest BCUT2D eigenvalue weighted by molar-refractivity contribution is -0.125. The number of halogens is 1. The predicted octanol–water partition coefficient (Wildman–Crippen LogP) is 4.46. The molecule has 0 N–H and O–H groups in total. The maximum absolute atomic E-state index is 12.5. The van der Waals surface area contributed by atoms with Crippen LogP contribution in [0.5, 0.6) is 11.5 Å². The second-order valence-corrected chi connectivity index (χ2v) is 6.93. The van der Waals surface area contributed by atoms with Gasteiger partial charge in [0.15, 0.2) is 11.5 Å². The summed E-state index contributed by atoms with van der Waals surface area (Å²) in [6.07, 6.45) is 3.56. The minimum atomic E-state index is -0.220. The summed E-state index contributed by atoms with van der Waals surface area (Å²) in [6, 6.07) is 14.8. The zero-order chi connectivity index (χ0) is 19.9. The van der Waals surface area contributed by atoms with E-state index in [0.717, 1.165) is 18.4 Å². The summed E-state index contributed by atoms with van der Waals surface area (Å²) < 4.78 is 11.3. The number of carbonyl (C=O) groups is 1. The van der Waals surface area contributed by atoms with Crippen LogP contribution in [0.15, 0.2) is 48.0 Å². The number of hydrogen-bond acceptors (Lipinski definition) is 4. The molecule has 0 atom stereocenters. The molecule has 1 saturated heterocycles. The Bertz CT molecular complexity index is 910. The molecule has 1 aliphatic rings. The second kappa shape index (κ2) is 9.29. The number of hydrogen-bond donors (Lipinski definition) is 0. The maximum atomic E-state index is 12.5. The minimum Gasteiger partial charge on any atom is -0.493 e. The van der Waals surface area contributed by atoms with Crippen LogP contribution < -0.4 is 9.47 Å². The molecule has 1 aliphatic heterocycles. The van der Waals surface area contributed by atoms with Crippen molar-refractivity contribution in [3.63, 3.8) is 0 Å². The Kier molecular flexibility index (Phi) is 6.57. The van der Waals surface area contributed by atoms with Crippen molar-refractivity contribution in [1.82, 2.24) is 4.90 Å². The molecule has 2 aromatic rings. The number of rotatable bonds is 6. The van der Waals surface area contributed by atoms with Gasteiger partial charge in [-0.1, -0.05) is 29.8 Å². The summed E-state index contributed by atoms with van der Waals surface area (Å²) in [7, 11) is 1.55. The van der Waals surface area contributed by atoms with Gasteiger partial charge in [-0.2, -0.15) is 5.26 Å². The van der Waals surface area contributed by atoms with Gasteiger partial charge in [-0.3, -0.25) is 4.79 Å². The fourth-order valence-corrected chi connectivity index (χ4v) is 3.16. The molecule has 0 saturated carbocycles. The molecule has 6 heteroatoms. The first kappa shape index (κ1) is 19.8. The fourth-order valence-electron chi connectivity index (χ4n) is 3.03. The summed E-state index contributed by atoms with van der Waals surface area (Å²) in [5, 5.41) is 10.1. The average molecular weight is 397 g/mol. The highest BCUT2D eigenvalue weighted by Gasteiger charge is 2.21. The Balaban J connectivity index is 1.75. The minimum absolute atomic E-state index is 0.124. The van der Waals surface area contributed by atoms with E-state index >= 15 is 0 Å². The van der Waals surface area contributed by atoms with Gasteiger partial charge in [0.1, 0.15) is 18.2 Å². The van der Waals surface area contributed by atoms with E-state index in [1.54, 1.807) is 36.3 Å². The van der Waals surface area contributed by atoms with Crippen LogP contribution in [0.1, 0.15) is 24.0 Å².